The Morgan fingerprint density at radius 1 is 1.06 bits per heavy atom. The van der Waals surface area contributed by atoms with E-state index in [2.05, 4.69) is 44.1 Å². The zero-order valence-electron chi connectivity index (χ0n) is 20.2. The van der Waals surface area contributed by atoms with Crippen molar-refractivity contribution in [3.8, 4) is 11.4 Å². The number of thioether (sulfide) groups is 1. The second kappa shape index (κ2) is 10.1. The van der Waals surface area contributed by atoms with Crippen LogP contribution in [-0.4, -0.2) is 40.2 Å². The first-order valence-corrected chi connectivity index (χ1v) is 13.0. The SMILES string of the molecule is CCSc1ccc(CNc2nc3cnc(-c4c(CC)ncnc4C4CC4)nc3n(CC)c2=O)nc1. The fourth-order valence-corrected chi connectivity index (χ4v) is 4.75. The molecule has 0 amide bonds. The molecule has 1 fully saturated rings. The number of hydrogen-bond donors (Lipinski definition) is 1. The average Bonchev–Trinajstić information content (AvgIpc) is 3.73. The minimum Gasteiger partial charge on any atom is -0.360 e. The Balaban J connectivity index is 1.50. The maximum atomic E-state index is 13.3. The molecule has 180 valence electrons. The Morgan fingerprint density at radius 2 is 1.91 bits per heavy atom. The van der Waals surface area contributed by atoms with E-state index in [9.17, 15) is 4.79 Å². The smallest absolute Gasteiger partial charge is 0.294 e. The first-order chi connectivity index (χ1) is 17.1. The van der Waals surface area contributed by atoms with Gasteiger partial charge in [0.15, 0.2) is 17.3 Å². The first kappa shape index (κ1) is 23.3. The molecule has 0 atom stereocenters. The Bertz CT molecular complexity index is 1420. The summed E-state index contributed by atoms with van der Waals surface area (Å²) in [6, 6.07) is 4.00. The molecule has 1 aliphatic rings. The van der Waals surface area contributed by atoms with Crippen molar-refractivity contribution in [2.45, 2.75) is 63.9 Å². The number of pyridine rings is 1. The highest BCUT2D eigenvalue weighted by molar-refractivity contribution is 7.99. The van der Waals surface area contributed by atoms with Gasteiger partial charge in [0.1, 0.15) is 11.8 Å². The van der Waals surface area contributed by atoms with Crippen LogP contribution in [0.15, 0.2) is 40.5 Å². The van der Waals surface area contributed by atoms with E-state index in [0.717, 1.165) is 52.6 Å². The number of nitrogens with one attached hydrogen (secondary N) is 1. The lowest BCUT2D eigenvalue weighted by Crippen LogP contribution is -2.26. The number of aryl methyl sites for hydroxylation is 2. The summed E-state index contributed by atoms with van der Waals surface area (Å²) in [6.45, 7) is 6.97. The first-order valence-electron chi connectivity index (χ1n) is 12.1. The van der Waals surface area contributed by atoms with Crippen molar-refractivity contribution in [1.29, 1.82) is 0 Å². The third kappa shape index (κ3) is 4.75. The third-order valence-corrected chi connectivity index (χ3v) is 6.89. The molecule has 1 N–H and O–H groups in total. The van der Waals surface area contributed by atoms with Gasteiger partial charge in [0, 0.05) is 23.6 Å². The van der Waals surface area contributed by atoms with Crippen LogP contribution in [0.1, 0.15) is 56.6 Å². The van der Waals surface area contributed by atoms with E-state index in [1.165, 1.54) is 0 Å². The lowest BCUT2D eigenvalue weighted by molar-refractivity contribution is 0.742. The van der Waals surface area contributed by atoms with Gasteiger partial charge in [0.05, 0.1) is 35.4 Å². The predicted octanol–water partition coefficient (Wildman–Crippen LogP) is 4.22. The highest BCUT2D eigenvalue weighted by atomic mass is 32.2. The van der Waals surface area contributed by atoms with Crippen LogP contribution in [0.25, 0.3) is 22.6 Å². The van der Waals surface area contributed by atoms with Gasteiger partial charge in [-0.25, -0.2) is 24.9 Å². The van der Waals surface area contributed by atoms with Crippen LogP contribution in [0, 0.1) is 0 Å². The van der Waals surface area contributed by atoms with Crippen molar-refractivity contribution in [1.82, 2.24) is 34.5 Å². The van der Waals surface area contributed by atoms with Crippen molar-refractivity contribution >= 4 is 28.7 Å². The van der Waals surface area contributed by atoms with Gasteiger partial charge in [-0.15, -0.1) is 11.8 Å². The number of fused-ring (bicyclic) bond motifs is 1. The molecule has 5 rings (SSSR count). The van der Waals surface area contributed by atoms with Crippen LogP contribution in [0.3, 0.4) is 0 Å². The molecule has 0 bridgehead atoms. The molecule has 1 saturated carbocycles. The minimum absolute atomic E-state index is 0.217. The summed E-state index contributed by atoms with van der Waals surface area (Å²) in [5.74, 6) is 2.24. The Kier molecular flexibility index (Phi) is 6.72. The number of rotatable bonds is 9. The second-order valence-electron chi connectivity index (χ2n) is 8.39. The molecule has 1 aliphatic carbocycles. The summed E-state index contributed by atoms with van der Waals surface area (Å²) in [5, 5.41) is 3.16. The van der Waals surface area contributed by atoms with Crippen LogP contribution >= 0.6 is 11.8 Å². The maximum Gasteiger partial charge on any atom is 0.294 e. The van der Waals surface area contributed by atoms with Crippen LogP contribution in [0.5, 0.6) is 0 Å². The van der Waals surface area contributed by atoms with E-state index in [4.69, 9.17) is 4.98 Å². The Labute approximate surface area is 207 Å². The Hall–Kier alpha value is -3.40. The number of hydrogen-bond acceptors (Lipinski definition) is 9. The number of anilines is 1. The van der Waals surface area contributed by atoms with E-state index in [0.29, 0.717) is 36.0 Å². The van der Waals surface area contributed by atoms with Gasteiger partial charge in [-0.1, -0.05) is 13.8 Å². The van der Waals surface area contributed by atoms with E-state index in [-0.39, 0.29) is 11.4 Å². The van der Waals surface area contributed by atoms with Crippen molar-refractivity contribution in [2.75, 3.05) is 11.1 Å². The van der Waals surface area contributed by atoms with E-state index in [1.54, 1.807) is 28.9 Å². The standard InChI is InChI=1S/C25H28N8OS/c1-4-18-20(21(15-7-8-15)30-14-29-18)22-28-13-19-24(32-22)33(5-2)25(34)23(31-19)27-11-16-9-10-17(12-26-16)35-6-3/h9-10,12-15H,4-8,11H2,1-3H3,(H,27,31). The minimum atomic E-state index is -0.217. The molecule has 4 heterocycles. The normalized spacial score (nSPS) is 13.3. The monoisotopic (exact) mass is 488 g/mol. The average molecular weight is 489 g/mol. The molecular weight excluding hydrogens is 460 g/mol. The summed E-state index contributed by atoms with van der Waals surface area (Å²) in [7, 11) is 0. The quantitative estimate of drug-likeness (QED) is 0.346. The molecule has 4 aromatic heterocycles. The fraction of sp³-hybridized carbons (Fsp3) is 0.400. The fourth-order valence-electron chi connectivity index (χ4n) is 4.12. The van der Waals surface area contributed by atoms with E-state index < -0.39 is 0 Å². The highest BCUT2D eigenvalue weighted by Gasteiger charge is 2.30. The molecule has 9 nitrogen and oxygen atoms in total. The molecule has 35 heavy (non-hydrogen) atoms. The summed E-state index contributed by atoms with van der Waals surface area (Å²) in [4.78, 5) is 41.9. The molecule has 0 radical (unpaired) electrons. The lowest BCUT2D eigenvalue weighted by atomic mass is 10.1. The van der Waals surface area contributed by atoms with Gasteiger partial charge in [0.2, 0.25) is 0 Å². The molecule has 0 spiro atoms. The van der Waals surface area contributed by atoms with Gasteiger partial charge in [-0.3, -0.25) is 14.3 Å². The van der Waals surface area contributed by atoms with Crippen LogP contribution in [0.4, 0.5) is 5.82 Å². The van der Waals surface area contributed by atoms with Crippen molar-refractivity contribution < 1.29 is 0 Å². The van der Waals surface area contributed by atoms with Crippen LogP contribution < -0.4 is 10.9 Å². The van der Waals surface area contributed by atoms with Gasteiger partial charge >= 0.3 is 0 Å². The highest BCUT2D eigenvalue weighted by Crippen LogP contribution is 2.43. The second-order valence-corrected chi connectivity index (χ2v) is 9.73. The maximum absolute atomic E-state index is 13.3. The van der Waals surface area contributed by atoms with Gasteiger partial charge in [-0.05, 0) is 44.1 Å². The summed E-state index contributed by atoms with van der Waals surface area (Å²) < 4.78 is 1.64. The van der Waals surface area contributed by atoms with Gasteiger partial charge in [0.25, 0.3) is 5.56 Å². The lowest BCUT2D eigenvalue weighted by Gasteiger charge is -2.14. The van der Waals surface area contributed by atoms with Crippen molar-refractivity contribution in [3.05, 3.63) is 58.3 Å². The number of aromatic nitrogens is 7. The molecular formula is C25H28N8OS. The zero-order chi connectivity index (χ0) is 24.4. The molecule has 0 aromatic carbocycles. The van der Waals surface area contributed by atoms with E-state index >= 15 is 0 Å². The summed E-state index contributed by atoms with van der Waals surface area (Å²) in [6.07, 6.45) is 8.16. The molecule has 0 saturated heterocycles. The molecule has 0 unspecified atom stereocenters. The van der Waals surface area contributed by atoms with Crippen molar-refractivity contribution in [3.63, 3.8) is 0 Å². The third-order valence-electron chi connectivity index (χ3n) is 6.03. The van der Waals surface area contributed by atoms with Gasteiger partial charge < -0.3 is 5.32 Å². The number of nitrogens with zero attached hydrogens (tertiary/aromatic N) is 7. The summed E-state index contributed by atoms with van der Waals surface area (Å²) in [5.41, 5.74) is 4.52. The van der Waals surface area contributed by atoms with Crippen LogP contribution in [-0.2, 0) is 19.5 Å². The predicted molar refractivity (Wildman–Crippen MR) is 138 cm³/mol. The molecule has 4 aromatic rings. The van der Waals surface area contributed by atoms with E-state index in [1.807, 2.05) is 25.3 Å². The van der Waals surface area contributed by atoms with Crippen molar-refractivity contribution in [2.24, 2.45) is 0 Å². The molecule has 0 aliphatic heterocycles. The molecule has 10 heteroatoms. The topological polar surface area (TPSA) is 111 Å². The van der Waals surface area contributed by atoms with Crippen LogP contribution in [0.2, 0.25) is 0 Å². The zero-order valence-corrected chi connectivity index (χ0v) is 21.0. The Morgan fingerprint density at radius 3 is 2.60 bits per heavy atom. The largest absolute Gasteiger partial charge is 0.360 e. The summed E-state index contributed by atoms with van der Waals surface area (Å²) >= 11 is 1.74. The van der Waals surface area contributed by atoms with Gasteiger partial charge in [-0.2, -0.15) is 0 Å².